The van der Waals surface area contributed by atoms with Gasteiger partial charge in [0.2, 0.25) is 5.13 Å². The van der Waals surface area contributed by atoms with E-state index < -0.39 is 35.1 Å². The summed E-state index contributed by atoms with van der Waals surface area (Å²) in [5.74, 6) is -2.67. The third-order valence-corrected chi connectivity index (χ3v) is 7.68. The maximum absolute atomic E-state index is 13.7. The lowest BCUT2D eigenvalue weighted by molar-refractivity contribution is -0.132. The lowest BCUT2D eigenvalue weighted by atomic mass is 9.95. The number of rotatable bonds is 6. The molecule has 1 amide bonds. The van der Waals surface area contributed by atoms with Crippen molar-refractivity contribution in [1.29, 1.82) is 0 Å². The van der Waals surface area contributed by atoms with Crippen molar-refractivity contribution in [3.05, 3.63) is 113 Å². The fourth-order valence-corrected chi connectivity index (χ4v) is 5.65. The first-order valence-electron chi connectivity index (χ1n) is 10.7. The molecule has 1 aliphatic rings. The van der Waals surface area contributed by atoms with Gasteiger partial charge in [0.25, 0.3) is 5.78 Å². The molecule has 6 nitrogen and oxygen atoms in total. The van der Waals surface area contributed by atoms with Crippen molar-refractivity contribution in [3.8, 4) is 0 Å². The summed E-state index contributed by atoms with van der Waals surface area (Å²) in [6.45, 7) is 0. The minimum Gasteiger partial charge on any atom is -0.507 e. The molecule has 0 spiro atoms. The topological polar surface area (TPSA) is 83.4 Å². The van der Waals surface area contributed by atoms with E-state index in [2.05, 4.69) is 10.2 Å². The molecular weight excluding hydrogens is 504 g/mol. The normalized spacial score (nSPS) is 17.1. The molecule has 180 valence electrons. The van der Waals surface area contributed by atoms with E-state index >= 15 is 0 Å². The molecule has 4 aromatic rings. The van der Waals surface area contributed by atoms with Crippen LogP contribution in [0.3, 0.4) is 0 Å². The maximum atomic E-state index is 13.7. The van der Waals surface area contributed by atoms with Crippen LogP contribution in [0.25, 0.3) is 5.76 Å². The predicted octanol–water partition coefficient (Wildman–Crippen LogP) is 5.73. The Balaban J connectivity index is 1.55. The lowest BCUT2D eigenvalue weighted by Crippen LogP contribution is -2.29. The van der Waals surface area contributed by atoms with E-state index in [4.69, 9.17) is 0 Å². The number of aliphatic hydroxyl groups excluding tert-OH is 1. The molecule has 1 aliphatic heterocycles. The van der Waals surface area contributed by atoms with E-state index in [0.29, 0.717) is 15.7 Å². The fraction of sp³-hybridized carbons (Fsp3) is 0.0769. The molecular formula is C26H17F2N3O3S2. The highest BCUT2D eigenvalue weighted by molar-refractivity contribution is 8.00. The number of hydrogen-bond acceptors (Lipinski definition) is 7. The van der Waals surface area contributed by atoms with Gasteiger partial charge in [0.1, 0.15) is 17.4 Å². The number of carbonyl (C=O) groups is 2. The van der Waals surface area contributed by atoms with Gasteiger partial charge in [-0.05, 0) is 47.5 Å². The Morgan fingerprint density at radius 3 is 2.22 bits per heavy atom. The summed E-state index contributed by atoms with van der Waals surface area (Å²) in [6.07, 6.45) is 0. The molecule has 1 aromatic heterocycles. The molecule has 1 atom stereocenters. The van der Waals surface area contributed by atoms with Gasteiger partial charge in [-0.25, -0.2) is 8.78 Å². The summed E-state index contributed by atoms with van der Waals surface area (Å²) in [4.78, 5) is 27.5. The molecule has 3 aromatic carbocycles. The number of benzene rings is 3. The molecule has 1 unspecified atom stereocenters. The first-order chi connectivity index (χ1) is 17.4. The van der Waals surface area contributed by atoms with Crippen molar-refractivity contribution in [2.24, 2.45) is 0 Å². The molecule has 1 saturated heterocycles. The number of aromatic nitrogens is 2. The van der Waals surface area contributed by atoms with Crippen molar-refractivity contribution < 1.29 is 23.5 Å². The number of thioether (sulfide) groups is 1. The van der Waals surface area contributed by atoms with E-state index in [9.17, 15) is 23.5 Å². The van der Waals surface area contributed by atoms with Crippen LogP contribution in [0.4, 0.5) is 13.9 Å². The number of Topliss-reactive ketones (excluding diaryl/α,β-unsaturated/α-hetero) is 1. The summed E-state index contributed by atoms with van der Waals surface area (Å²) in [5.41, 5.74) is 1.45. The minimum atomic E-state index is -1.07. The van der Waals surface area contributed by atoms with Crippen molar-refractivity contribution >= 4 is 45.7 Å². The summed E-state index contributed by atoms with van der Waals surface area (Å²) in [7, 11) is 0. The average molecular weight is 522 g/mol. The Bertz CT molecular complexity index is 1460. The van der Waals surface area contributed by atoms with Crippen LogP contribution in [0.2, 0.25) is 0 Å². The van der Waals surface area contributed by atoms with Gasteiger partial charge in [0.05, 0.1) is 11.6 Å². The Morgan fingerprint density at radius 1 is 0.917 bits per heavy atom. The van der Waals surface area contributed by atoms with Crippen molar-refractivity contribution in [2.75, 3.05) is 4.90 Å². The zero-order chi connectivity index (χ0) is 25.2. The Kier molecular flexibility index (Phi) is 6.62. The molecule has 1 N–H and O–H groups in total. The molecule has 5 rings (SSSR count). The number of halogens is 2. The molecule has 1 fully saturated rings. The van der Waals surface area contributed by atoms with E-state index in [0.717, 1.165) is 33.9 Å². The molecule has 0 saturated carbocycles. The smallest absolute Gasteiger partial charge is 0.301 e. The average Bonchev–Trinajstić information content (AvgIpc) is 3.46. The standard InChI is InChI=1S/C26H17F2N3O3S2/c27-18-10-6-16(7-11-18)21-20(22(32)17-8-12-19(28)13-9-17)23(33)24(34)31(21)25-29-30-26(36-25)35-14-15-4-2-1-3-5-15/h1-13,21,32H,14H2/b22-20-. The Labute approximate surface area is 212 Å². The number of anilines is 1. The highest BCUT2D eigenvalue weighted by Gasteiger charge is 2.48. The molecule has 0 bridgehead atoms. The molecule has 10 heteroatoms. The summed E-state index contributed by atoms with van der Waals surface area (Å²) in [5, 5.41) is 19.5. The second-order valence-electron chi connectivity index (χ2n) is 7.85. The van der Waals surface area contributed by atoms with Crippen LogP contribution in [-0.4, -0.2) is 27.0 Å². The van der Waals surface area contributed by atoms with Crippen LogP contribution in [0.1, 0.15) is 22.7 Å². The van der Waals surface area contributed by atoms with Crippen LogP contribution in [-0.2, 0) is 15.3 Å². The summed E-state index contributed by atoms with van der Waals surface area (Å²) >= 11 is 2.57. The monoisotopic (exact) mass is 521 g/mol. The zero-order valence-corrected chi connectivity index (χ0v) is 20.1. The van der Waals surface area contributed by atoms with Gasteiger partial charge < -0.3 is 5.11 Å². The number of amides is 1. The van der Waals surface area contributed by atoms with Gasteiger partial charge in [-0.2, -0.15) is 0 Å². The van der Waals surface area contributed by atoms with E-state index in [1.54, 1.807) is 0 Å². The Morgan fingerprint density at radius 2 is 1.56 bits per heavy atom. The van der Waals surface area contributed by atoms with Crippen LogP contribution in [0.5, 0.6) is 0 Å². The SMILES string of the molecule is O=C1C(=O)N(c2nnc(SCc3ccccc3)s2)C(c2ccc(F)cc2)/C1=C(/O)c1ccc(F)cc1. The fourth-order valence-electron chi connectivity index (χ4n) is 3.83. The minimum absolute atomic E-state index is 0.165. The third-order valence-electron chi connectivity index (χ3n) is 5.55. The highest BCUT2D eigenvalue weighted by Crippen LogP contribution is 2.44. The zero-order valence-electron chi connectivity index (χ0n) is 18.5. The second-order valence-corrected chi connectivity index (χ2v) is 10.0. The van der Waals surface area contributed by atoms with Gasteiger partial charge in [-0.15, -0.1) is 10.2 Å². The predicted molar refractivity (Wildman–Crippen MR) is 133 cm³/mol. The first kappa shape index (κ1) is 23.8. The quantitative estimate of drug-likeness (QED) is 0.115. The van der Waals surface area contributed by atoms with Crippen LogP contribution in [0.15, 0.2) is 88.8 Å². The van der Waals surface area contributed by atoms with Gasteiger partial charge in [-0.1, -0.05) is 65.6 Å². The summed E-state index contributed by atoms with van der Waals surface area (Å²) < 4.78 is 27.7. The van der Waals surface area contributed by atoms with E-state index in [1.807, 2.05) is 30.3 Å². The number of hydrogen-bond donors (Lipinski definition) is 1. The Hall–Kier alpha value is -3.89. The molecule has 0 aliphatic carbocycles. The second kappa shape index (κ2) is 10.00. The number of aliphatic hydroxyl groups is 1. The van der Waals surface area contributed by atoms with Gasteiger partial charge >= 0.3 is 5.91 Å². The van der Waals surface area contributed by atoms with Crippen molar-refractivity contribution in [2.45, 2.75) is 16.1 Å². The van der Waals surface area contributed by atoms with Gasteiger partial charge in [0.15, 0.2) is 4.34 Å². The third kappa shape index (κ3) is 4.65. The van der Waals surface area contributed by atoms with Gasteiger partial charge in [-0.3, -0.25) is 14.5 Å². The van der Waals surface area contributed by atoms with Crippen molar-refractivity contribution in [3.63, 3.8) is 0 Å². The van der Waals surface area contributed by atoms with E-state index in [-0.39, 0.29) is 16.3 Å². The van der Waals surface area contributed by atoms with E-state index in [1.165, 1.54) is 48.2 Å². The first-order valence-corrected chi connectivity index (χ1v) is 12.5. The maximum Gasteiger partial charge on any atom is 0.301 e. The van der Waals surface area contributed by atoms with Crippen LogP contribution >= 0.6 is 23.1 Å². The van der Waals surface area contributed by atoms with Gasteiger partial charge in [0, 0.05) is 11.3 Å². The number of nitrogens with zero attached hydrogens (tertiary/aromatic N) is 3. The number of carbonyl (C=O) groups excluding carboxylic acids is 2. The van der Waals surface area contributed by atoms with Crippen LogP contribution in [0, 0.1) is 11.6 Å². The number of ketones is 1. The largest absolute Gasteiger partial charge is 0.507 e. The molecule has 0 radical (unpaired) electrons. The summed E-state index contributed by atoms with van der Waals surface area (Å²) in [6, 6.07) is 18.9. The van der Waals surface area contributed by atoms with Crippen molar-refractivity contribution in [1.82, 2.24) is 10.2 Å². The lowest BCUT2D eigenvalue weighted by Gasteiger charge is -2.22. The highest BCUT2D eigenvalue weighted by atomic mass is 32.2. The molecule has 2 heterocycles. The molecule has 36 heavy (non-hydrogen) atoms. The van der Waals surface area contributed by atoms with Crippen LogP contribution < -0.4 is 4.90 Å².